The predicted molar refractivity (Wildman–Crippen MR) is 93.7 cm³/mol. The number of nitrogens with zero attached hydrogens (tertiary/aromatic N) is 1. The second-order valence-corrected chi connectivity index (χ2v) is 6.11. The van der Waals surface area contributed by atoms with Gasteiger partial charge in [0.2, 0.25) is 5.91 Å². The van der Waals surface area contributed by atoms with E-state index in [4.69, 9.17) is 16.0 Å². The van der Waals surface area contributed by atoms with Gasteiger partial charge in [-0.3, -0.25) is 10.1 Å². The molecule has 4 nitrogen and oxygen atoms in total. The van der Waals surface area contributed by atoms with Crippen LogP contribution in [0.5, 0.6) is 0 Å². The Morgan fingerprint density at radius 2 is 2.04 bits per heavy atom. The van der Waals surface area contributed by atoms with Crippen molar-refractivity contribution >= 4 is 40.1 Å². The van der Waals surface area contributed by atoms with Crippen LogP contribution in [0.2, 0.25) is 5.02 Å². The number of furan rings is 1. The Morgan fingerprint density at radius 1 is 1.26 bits per heavy atom. The minimum Gasteiger partial charge on any atom is -0.462 e. The fourth-order valence-corrected chi connectivity index (χ4v) is 2.78. The molecule has 3 aromatic rings. The topological polar surface area (TPSA) is 55.1 Å². The number of hydrogen-bond donors (Lipinski definition) is 1. The molecule has 0 unspecified atom stereocenters. The molecule has 0 radical (unpaired) electrons. The summed E-state index contributed by atoms with van der Waals surface area (Å²) < 4.78 is 5.37. The molecule has 0 aliphatic rings. The Morgan fingerprint density at radius 3 is 2.74 bits per heavy atom. The number of benzene rings is 1. The number of rotatable bonds is 4. The third kappa shape index (κ3) is 4.09. The van der Waals surface area contributed by atoms with E-state index in [2.05, 4.69) is 10.3 Å². The lowest BCUT2D eigenvalue weighted by molar-refractivity contribution is -0.111. The van der Waals surface area contributed by atoms with E-state index in [1.807, 2.05) is 42.6 Å². The number of aryl methyl sites for hydroxylation is 1. The minimum atomic E-state index is -0.254. The van der Waals surface area contributed by atoms with Crippen LogP contribution in [-0.2, 0) is 4.79 Å². The molecule has 1 aromatic carbocycles. The van der Waals surface area contributed by atoms with Gasteiger partial charge in [-0.25, -0.2) is 4.98 Å². The average molecular weight is 345 g/mol. The number of nitrogens with one attached hydrogen (secondary N) is 1. The number of hydrogen-bond acceptors (Lipinski definition) is 4. The first-order valence-corrected chi connectivity index (χ1v) is 8.13. The summed E-state index contributed by atoms with van der Waals surface area (Å²) in [7, 11) is 0. The molecule has 116 valence electrons. The van der Waals surface area contributed by atoms with Gasteiger partial charge in [-0.2, -0.15) is 0 Å². The lowest BCUT2D eigenvalue weighted by Gasteiger charge is -1.97. The van der Waals surface area contributed by atoms with E-state index in [9.17, 15) is 4.79 Å². The summed E-state index contributed by atoms with van der Waals surface area (Å²) in [6.45, 7) is 1.85. The fraction of sp³-hybridized carbons (Fsp3) is 0.0588. The fourth-order valence-electron chi connectivity index (χ4n) is 1.93. The average Bonchev–Trinajstić information content (AvgIpc) is 3.15. The van der Waals surface area contributed by atoms with E-state index < -0.39 is 0 Å². The van der Waals surface area contributed by atoms with Crippen molar-refractivity contribution < 1.29 is 9.21 Å². The van der Waals surface area contributed by atoms with Gasteiger partial charge in [0.1, 0.15) is 11.5 Å². The van der Waals surface area contributed by atoms with E-state index >= 15 is 0 Å². The molecule has 1 N–H and O–H groups in total. The van der Waals surface area contributed by atoms with Crippen molar-refractivity contribution in [2.24, 2.45) is 0 Å². The lowest BCUT2D eigenvalue weighted by Crippen LogP contribution is -2.07. The third-order valence-electron chi connectivity index (χ3n) is 3.03. The summed E-state index contributed by atoms with van der Waals surface area (Å²) in [5, 5.41) is 5.84. The summed E-state index contributed by atoms with van der Waals surface area (Å²) in [4.78, 5) is 16.3. The van der Waals surface area contributed by atoms with Gasteiger partial charge in [0, 0.05) is 22.0 Å². The second kappa shape index (κ2) is 6.81. The SMILES string of the molecule is Cc1ccc(C=CC(=O)Nc2nc(-c3ccc(Cl)cc3)cs2)o1. The molecule has 0 spiro atoms. The van der Waals surface area contributed by atoms with Gasteiger partial charge in [-0.15, -0.1) is 11.3 Å². The Hall–Kier alpha value is -2.37. The molecular weight excluding hydrogens is 332 g/mol. The molecular formula is C17H13ClN2O2S. The molecule has 1 amide bonds. The molecule has 2 heterocycles. The van der Waals surface area contributed by atoms with Crippen molar-refractivity contribution in [1.29, 1.82) is 0 Å². The minimum absolute atomic E-state index is 0.254. The maximum Gasteiger partial charge on any atom is 0.250 e. The van der Waals surface area contributed by atoms with Gasteiger partial charge in [0.25, 0.3) is 0 Å². The van der Waals surface area contributed by atoms with Crippen molar-refractivity contribution in [3.63, 3.8) is 0 Å². The van der Waals surface area contributed by atoms with Crippen LogP contribution in [0.25, 0.3) is 17.3 Å². The van der Waals surface area contributed by atoms with Crippen LogP contribution in [0.1, 0.15) is 11.5 Å². The van der Waals surface area contributed by atoms with E-state index in [1.54, 1.807) is 12.1 Å². The first-order valence-electron chi connectivity index (χ1n) is 6.87. The number of carbonyl (C=O) groups is 1. The summed E-state index contributed by atoms with van der Waals surface area (Å²) in [6.07, 6.45) is 3.04. The van der Waals surface area contributed by atoms with Gasteiger partial charge in [0.15, 0.2) is 5.13 Å². The molecule has 2 aromatic heterocycles. The zero-order valence-electron chi connectivity index (χ0n) is 12.2. The zero-order valence-corrected chi connectivity index (χ0v) is 13.8. The number of halogens is 1. The molecule has 0 saturated heterocycles. The maximum atomic E-state index is 11.9. The van der Waals surface area contributed by atoms with Crippen LogP contribution in [-0.4, -0.2) is 10.9 Å². The van der Waals surface area contributed by atoms with E-state index in [1.165, 1.54) is 17.4 Å². The Kier molecular flexibility index (Phi) is 4.60. The highest BCUT2D eigenvalue weighted by Gasteiger charge is 2.06. The molecule has 0 atom stereocenters. The largest absolute Gasteiger partial charge is 0.462 e. The van der Waals surface area contributed by atoms with Crippen LogP contribution < -0.4 is 5.32 Å². The highest BCUT2D eigenvalue weighted by atomic mass is 35.5. The summed E-state index contributed by atoms with van der Waals surface area (Å²) >= 11 is 7.24. The van der Waals surface area contributed by atoms with Gasteiger partial charge in [-0.1, -0.05) is 23.7 Å². The Labute approximate surface area is 142 Å². The van der Waals surface area contributed by atoms with E-state index in [-0.39, 0.29) is 5.91 Å². The molecule has 0 fully saturated rings. The van der Waals surface area contributed by atoms with Crippen LogP contribution in [0, 0.1) is 6.92 Å². The Balaban J connectivity index is 1.65. The van der Waals surface area contributed by atoms with Crippen LogP contribution in [0.15, 0.2) is 52.3 Å². The number of aromatic nitrogens is 1. The highest BCUT2D eigenvalue weighted by molar-refractivity contribution is 7.14. The molecule has 3 rings (SSSR count). The number of amides is 1. The molecule has 6 heteroatoms. The van der Waals surface area contributed by atoms with E-state index in [0.29, 0.717) is 15.9 Å². The first-order chi connectivity index (χ1) is 11.1. The second-order valence-electron chi connectivity index (χ2n) is 4.82. The van der Waals surface area contributed by atoms with Crippen molar-refractivity contribution in [3.8, 4) is 11.3 Å². The summed E-state index contributed by atoms with van der Waals surface area (Å²) in [5.74, 6) is 1.19. The highest BCUT2D eigenvalue weighted by Crippen LogP contribution is 2.26. The zero-order chi connectivity index (χ0) is 16.2. The van der Waals surface area contributed by atoms with E-state index in [0.717, 1.165) is 17.0 Å². The molecule has 0 aliphatic heterocycles. The van der Waals surface area contributed by atoms with Crippen molar-refractivity contribution in [2.45, 2.75) is 6.92 Å². The van der Waals surface area contributed by atoms with Crippen molar-refractivity contribution in [1.82, 2.24) is 4.98 Å². The van der Waals surface area contributed by atoms with Gasteiger partial charge in [0.05, 0.1) is 5.69 Å². The summed E-state index contributed by atoms with van der Waals surface area (Å²) in [5.41, 5.74) is 1.75. The summed E-state index contributed by atoms with van der Waals surface area (Å²) in [6, 6.07) is 11.0. The van der Waals surface area contributed by atoms with Gasteiger partial charge in [-0.05, 0) is 37.3 Å². The molecule has 0 bridgehead atoms. The maximum absolute atomic E-state index is 11.9. The van der Waals surface area contributed by atoms with Crippen molar-refractivity contribution in [2.75, 3.05) is 5.32 Å². The quantitative estimate of drug-likeness (QED) is 0.676. The number of carbonyl (C=O) groups excluding carboxylic acids is 1. The van der Waals surface area contributed by atoms with Crippen LogP contribution >= 0.6 is 22.9 Å². The number of anilines is 1. The standard InChI is InChI=1S/C17H13ClN2O2S/c1-11-2-7-14(22-11)8-9-16(21)20-17-19-15(10-23-17)12-3-5-13(18)6-4-12/h2-10H,1H3,(H,19,20,21). The molecule has 0 saturated carbocycles. The predicted octanol–water partition coefficient (Wildman–Crippen LogP) is 5.02. The van der Waals surface area contributed by atoms with Gasteiger partial charge < -0.3 is 4.42 Å². The van der Waals surface area contributed by atoms with Crippen LogP contribution in [0.4, 0.5) is 5.13 Å². The molecule has 23 heavy (non-hydrogen) atoms. The van der Waals surface area contributed by atoms with Crippen LogP contribution in [0.3, 0.4) is 0 Å². The normalized spacial score (nSPS) is 11.0. The molecule has 0 aliphatic carbocycles. The lowest BCUT2D eigenvalue weighted by atomic mass is 10.2. The third-order valence-corrected chi connectivity index (χ3v) is 4.04. The number of thiazole rings is 1. The monoisotopic (exact) mass is 344 g/mol. The first kappa shape index (κ1) is 15.5. The smallest absolute Gasteiger partial charge is 0.250 e. The Bertz CT molecular complexity index is 850. The van der Waals surface area contributed by atoms with Crippen molar-refractivity contribution in [3.05, 3.63) is 64.4 Å². The van der Waals surface area contributed by atoms with Gasteiger partial charge >= 0.3 is 0 Å².